The molecule has 1 N–H and O–H groups in total. The summed E-state index contributed by atoms with van der Waals surface area (Å²) in [6.07, 6.45) is 1.48. The summed E-state index contributed by atoms with van der Waals surface area (Å²) in [4.78, 5) is 13.2. The van der Waals surface area contributed by atoms with Crippen molar-refractivity contribution in [2.24, 2.45) is 0 Å². The van der Waals surface area contributed by atoms with Crippen LogP contribution in [0.4, 0.5) is 4.39 Å². The number of halogens is 3. The number of carbonyl (C=O) groups is 1. The van der Waals surface area contributed by atoms with Crippen LogP contribution in [0.25, 0.3) is 11.3 Å². The second kappa shape index (κ2) is 8.99. The van der Waals surface area contributed by atoms with Crippen molar-refractivity contribution in [1.82, 2.24) is 10.5 Å². The molecular weight excluding hydrogens is 442 g/mol. The van der Waals surface area contributed by atoms with Crippen LogP contribution in [0.5, 0.6) is 0 Å². The molecule has 1 fully saturated rings. The zero-order valence-electron chi connectivity index (χ0n) is 16.9. The maximum absolute atomic E-state index is 14.5. The van der Waals surface area contributed by atoms with E-state index in [2.05, 4.69) is 10.5 Å². The van der Waals surface area contributed by atoms with Gasteiger partial charge in [-0.05, 0) is 49.6 Å². The third-order valence-corrected chi connectivity index (χ3v) is 6.31. The Morgan fingerprint density at radius 2 is 1.94 bits per heavy atom. The molecule has 0 aliphatic carbocycles. The number of aromatic nitrogens is 1. The van der Waals surface area contributed by atoms with Crippen molar-refractivity contribution in [2.75, 3.05) is 19.8 Å². The highest BCUT2D eigenvalue weighted by atomic mass is 35.5. The first kappa shape index (κ1) is 21.8. The van der Waals surface area contributed by atoms with Crippen molar-refractivity contribution in [1.29, 1.82) is 0 Å². The number of nitrogens with one attached hydrogen (secondary N) is 1. The van der Waals surface area contributed by atoms with Gasteiger partial charge in [0.2, 0.25) is 0 Å². The van der Waals surface area contributed by atoms with Gasteiger partial charge in [-0.3, -0.25) is 4.79 Å². The summed E-state index contributed by atoms with van der Waals surface area (Å²) < 4.78 is 25.2. The number of carbonyl (C=O) groups excluding carboxylic acids is 1. The van der Waals surface area contributed by atoms with Gasteiger partial charge in [0.15, 0.2) is 0 Å². The summed E-state index contributed by atoms with van der Waals surface area (Å²) >= 11 is 12.4. The maximum atomic E-state index is 14.5. The molecule has 0 unspecified atom stereocenters. The molecule has 2 aromatic carbocycles. The van der Waals surface area contributed by atoms with E-state index in [-0.39, 0.29) is 33.0 Å². The minimum Gasteiger partial charge on any atom is -0.381 e. The van der Waals surface area contributed by atoms with E-state index < -0.39 is 11.7 Å². The van der Waals surface area contributed by atoms with Crippen molar-refractivity contribution in [3.63, 3.8) is 0 Å². The van der Waals surface area contributed by atoms with Crippen LogP contribution >= 0.6 is 23.2 Å². The molecule has 8 heteroatoms. The largest absolute Gasteiger partial charge is 0.381 e. The van der Waals surface area contributed by atoms with Gasteiger partial charge in [0.05, 0.1) is 10.6 Å². The summed E-state index contributed by atoms with van der Waals surface area (Å²) in [6.45, 7) is 3.15. The Morgan fingerprint density at radius 1 is 1.19 bits per heavy atom. The zero-order chi connectivity index (χ0) is 22.0. The minimum absolute atomic E-state index is 0.0433. The smallest absolute Gasteiger partial charge is 0.257 e. The van der Waals surface area contributed by atoms with E-state index in [0.717, 1.165) is 18.4 Å². The van der Waals surface area contributed by atoms with Crippen LogP contribution in [0, 0.1) is 12.7 Å². The van der Waals surface area contributed by atoms with Gasteiger partial charge < -0.3 is 14.6 Å². The fourth-order valence-electron chi connectivity index (χ4n) is 4.02. The van der Waals surface area contributed by atoms with Crippen LogP contribution in [-0.2, 0) is 10.2 Å². The summed E-state index contributed by atoms with van der Waals surface area (Å²) in [5.74, 6) is -0.689. The average Bonchev–Trinajstić information content (AvgIpc) is 3.13. The molecule has 4 rings (SSSR count). The van der Waals surface area contributed by atoms with E-state index in [1.165, 1.54) is 12.1 Å². The first-order valence-electron chi connectivity index (χ1n) is 9.94. The lowest BCUT2D eigenvalue weighted by Crippen LogP contribution is -2.44. The van der Waals surface area contributed by atoms with Gasteiger partial charge in [-0.1, -0.05) is 46.6 Å². The lowest BCUT2D eigenvalue weighted by molar-refractivity contribution is 0.0487. The fraction of sp³-hybridized carbons (Fsp3) is 0.304. The van der Waals surface area contributed by atoms with E-state index in [9.17, 15) is 9.18 Å². The van der Waals surface area contributed by atoms with Crippen LogP contribution in [0.2, 0.25) is 10.0 Å². The molecule has 0 bridgehead atoms. The maximum Gasteiger partial charge on any atom is 0.257 e. The van der Waals surface area contributed by atoms with Crippen LogP contribution in [0.1, 0.15) is 34.5 Å². The Hall–Kier alpha value is -2.41. The Morgan fingerprint density at radius 3 is 2.65 bits per heavy atom. The second-order valence-corrected chi connectivity index (χ2v) is 8.49. The van der Waals surface area contributed by atoms with Crippen LogP contribution in [0.3, 0.4) is 0 Å². The Kier molecular flexibility index (Phi) is 6.32. The van der Waals surface area contributed by atoms with Crippen molar-refractivity contribution in [3.8, 4) is 11.3 Å². The first-order chi connectivity index (χ1) is 14.9. The number of hydrogen-bond donors (Lipinski definition) is 1. The van der Waals surface area contributed by atoms with Gasteiger partial charge >= 0.3 is 0 Å². The van der Waals surface area contributed by atoms with Gasteiger partial charge in [0.1, 0.15) is 22.8 Å². The van der Waals surface area contributed by atoms with E-state index in [1.807, 2.05) is 24.3 Å². The number of aryl methyl sites for hydroxylation is 1. The summed E-state index contributed by atoms with van der Waals surface area (Å²) in [6, 6.07) is 12.0. The van der Waals surface area contributed by atoms with Crippen molar-refractivity contribution in [3.05, 3.63) is 75.2 Å². The molecule has 0 spiro atoms. The Labute approximate surface area is 189 Å². The van der Waals surface area contributed by atoms with E-state index >= 15 is 0 Å². The summed E-state index contributed by atoms with van der Waals surface area (Å²) in [5.41, 5.74) is 1.02. The normalized spacial score (nSPS) is 15.6. The van der Waals surface area contributed by atoms with Crippen molar-refractivity contribution < 1.29 is 18.4 Å². The van der Waals surface area contributed by atoms with Gasteiger partial charge in [0, 0.05) is 30.2 Å². The van der Waals surface area contributed by atoms with E-state index in [1.54, 1.807) is 13.0 Å². The predicted molar refractivity (Wildman–Crippen MR) is 117 cm³/mol. The monoisotopic (exact) mass is 462 g/mol. The van der Waals surface area contributed by atoms with Gasteiger partial charge in [-0.15, -0.1) is 0 Å². The molecule has 0 saturated carbocycles. The topological polar surface area (TPSA) is 64.4 Å². The molecule has 0 atom stereocenters. The lowest BCUT2D eigenvalue weighted by Gasteiger charge is -2.38. The standard InChI is InChI=1S/C23H21Cl2FN2O3/c1-14-19(21(28-31-14)20-17(25)6-3-7-18(20)26)22(29)27-13-23(8-10-30-11-9-23)15-4-2-5-16(24)12-15/h2-7,12H,8-11,13H2,1H3,(H,27,29). The summed E-state index contributed by atoms with van der Waals surface area (Å²) in [7, 11) is 0. The van der Waals surface area contributed by atoms with Gasteiger partial charge in [-0.25, -0.2) is 4.39 Å². The molecule has 1 aliphatic heterocycles. The van der Waals surface area contributed by atoms with Crippen LogP contribution in [-0.4, -0.2) is 30.8 Å². The number of hydrogen-bond acceptors (Lipinski definition) is 4. The molecule has 1 aliphatic rings. The SMILES string of the molecule is Cc1onc(-c2c(F)cccc2Cl)c1C(=O)NCC1(c2cccc(Cl)c2)CCOCC1. The number of ether oxygens (including phenoxy) is 1. The number of rotatable bonds is 5. The molecule has 2 heterocycles. The second-order valence-electron chi connectivity index (χ2n) is 7.64. The van der Waals surface area contributed by atoms with Crippen LogP contribution < -0.4 is 5.32 Å². The van der Waals surface area contributed by atoms with Crippen LogP contribution in [0.15, 0.2) is 47.0 Å². The lowest BCUT2D eigenvalue weighted by atomic mass is 9.74. The van der Waals surface area contributed by atoms with Gasteiger partial charge in [-0.2, -0.15) is 0 Å². The minimum atomic E-state index is -0.574. The highest BCUT2D eigenvalue weighted by Gasteiger charge is 2.36. The predicted octanol–water partition coefficient (Wildman–Crippen LogP) is 5.57. The fourth-order valence-corrected chi connectivity index (χ4v) is 4.46. The van der Waals surface area contributed by atoms with Gasteiger partial charge in [0.25, 0.3) is 5.91 Å². The third-order valence-electron chi connectivity index (χ3n) is 5.76. The Balaban J connectivity index is 1.64. The third kappa shape index (κ3) is 4.33. The molecule has 31 heavy (non-hydrogen) atoms. The quantitative estimate of drug-likeness (QED) is 0.537. The molecule has 3 aromatic rings. The molecule has 5 nitrogen and oxygen atoms in total. The molecule has 1 saturated heterocycles. The number of amides is 1. The number of benzene rings is 2. The zero-order valence-corrected chi connectivity index (χ0v) is 18.4. The van der Waals surface area contributed by atoms with Crippen molar-refractivity contribution >= 4 is 29.1 Å². The number of nitrogens with zero attached hydrogens (tertiary/aromatic N) is 1. The average molecular weight is 463 g/mol. The highest BCUT2D eigenvalue weighted by Crippen LogP contribution is 2.36. The molecule has 0 radical (unpaired) electrons. The first-order valence-corrected chi connectivity index (χ1v) is 10.7. The van der Waals surface area contributed by atoms with E-state index in [0.29, 0.717) is 24.8 Å². The van der Waals surface area contributed by atoms with E-state index in [4.69, 9.17) is 32.5 Å². The molecule has 1 aromatic heterocycles. The summed E-state index contributed by atoms with van der Waals surface area (Å²) in [5, 5.41) is 7.71. The molecule has 162 valence electrons. The Bertz CT molecular complexity index is 1090. The van der Waals surface area contributed by atoms with Crippen molar-refractivity contribution in [2.45, 2.75) is 25.2 Å². The highest BCUT2D eigenvalue weighted by molar-refractivity contribution is 6.33. The molecular formula is C23H21Cl2FN2O3. The molecule has 1 amide bonds.